The fourth-order valence-corrected chi connectivity index (χ4v) is 6.31. The van der Waals surface area contributed by atoms with Crippen molar-refractivity contribution in [2.24, 2.45) is 0 Å². The summed E-state index contributed by atoms with van der Waals surface area (Å²) < 4.78 is 69.1. The molecule has 13 heteroatoms. The molecule has 0 bridgehead atoms. The van der Waals surface area contributed by atoms with Gasteiger partial charge in [0.2, 0.25) is 11.8 Å². The molecule has 0 radical (unpaired) electrons. The normalized spacial score (nSPS) is 12.4. The van der Waals surface area contributed by atoms with E-state index in [0.29, 0.717) is 28.9 Å². The van der Waals surface area contributed by atoms with Gasteiger partial charge in [-0.15, -0.1) is 0 Å². The minimum atomic E-state index is -4.76. The summed E-state index contributed by atoms with van der Waals surface area (Å²) in [5.74, 6) is -1.31. The number of hydrogen-bond acceptors (Lipinski definition) is 4. The summed E-state index contributed by atoms with van der Waals surface area (Å²) in [5.41, 5.74) is -1.13. The van der Waals surface area contributed by atoms with Gasteiger partial charge in [-0.2, -0.15) is 13.2 Å². The summed E-state index contributed by atoms with van der Waals surface area (Å²) in [6, 6.07) is 14.4. The van der Waals surface area contributed by atoms with Gasteiger partial charge in [0.1, 0.15) is 12.6 Å². The number of unbranched alkanes of at least 4 members (excludes halogenated alkanes) is 1. The Bertz CT molecular complexity index is 1500. The Kier molecular flexibility index (Phi) is 11.9. The van der Waals surface area contributed by atoms with Crippen LogP contribution in [-0.2, 0) is 32.3 Å². The van der Waals surface area contributed by atoms with Gasteiger partial charge in [0.25, 0.3) is 10.0 Å². The van der Waals surface area contributed by atoms with Crippen LogP contribution in [-0.4, -0.2) is 44.3 Å². The van der Waals surface area contributed by atoms with Crippen molar-refractivity contribution in [3.05, 3.63) is 94.0 Å². The number of nitrogens with one attached hydrogen (secondary N) is 1. The van der Waals surface area contributed by atoms with Gasteiger partial charge >= 0.3 is 6.18 Å². The van der Waals surface area contributed by atoms with Crippen LogP contribution in [0.1, 0.15) is 44.2 Å². The number of anilines is 1. The van der Waals surface area contributed by atoms with Crippen molar-refractivity contribution in [2.75, 3.05) is 17.4 Å². The van der Waals surface area contributed by atoms with Gasteiger partial charge in [0.05, 0.1) is 16.1 Å². The van der Waals surface area contributed by atoms with E-state index in [1.165, 1.54) is 30.3 Å². The smallest absolute Gasteiger partial charge is 0.354 e. The summed E-state index contributed by atoms with van der Waals surface area (Å²) in [6.45, 7) is 2.84. The summed E-state index contributed by atoms with van der Waals surface area (Å²) in [7, 11) is -4.54. The van der Waals surface area contributed by atoms with Gasteiger partial charge in [0.15, 0.2) is 0 Å². The lowest BCUT2D eigenvalue weighted by Gasteiger charge is -2.33. The van der Waals surface area contributed by atoms with Crippen molar-refractivity contribution in [1.82, 2.24) is 10.2 Å². The van der Waals surface area contributed by atoms with Gasteiger partial charge in [-0.05, 0) is 55.3 Å². The van der Waals surface area contributed by atoms with Crippen LogP contribution < -0.4 is 9.62 Å². The summed E-state index contributed by atoms with van der Waals surface area (Å²) in [4.78, 5) is 28.3. The van der Waals surface area contributed by atoms with Gasteiger partial charge < -0.3 is 10.2 Å². The molecular weight excluding hydrogens is 626 g/mol. The third-order valence-electron chi connectivity index (χ3n) is 6.68. The standard InChI is InChI=1S/C30H32Cl2F3N3O4S/c1-3-5-17-36-29(40)27(4-2)37(19-24-25(31)15-10-16-26(24)32)28(39)20-38(43(41,42)23-13-7-6-8-14-23)22-12-9-11-21(18-22)30(33,34)35/h6-16,18,27H,3-5,17,19-20H2,1-2H3,(H,36,40). The molecule has 0 spiro atoms. The first-order valence-corrected chi connectivity index (χ1v) is 15.8. The zero-order valence-electron chi connectivity index (χ0n) is 23.6. The topological polar surface area (TPSA) is 86.8 Å². The molecule has 0 saturated carbocycles. The molecule has 0 aliphatic rings. The molecule has 3 aromatic carbocycles. The third-order valence-corrected chi connectivity index (χ3v) is 9.17. The molecular formula is C30H32Cl2F3N3O4S. The highest BCUT2D eigenvalue weighted by atomic mass is 35.5. The van der Waals surface area contributed by atoms with Gasteiger partial charge in [-0.3, -0.25) is 13.9 Å². The van der Waals surface area contributed by atoms with Gasteiger partial charge in [0, 0.05) is 28.7 Å². The maximum atomic E-state index is 14.1. The number of amides is 2. The van der Waals surface area contributed by atoms with Crippen molar-refractivity contribution in [1.29, 1.82) is 0 Å². The maximum Gasteiger partial charge on any atom is 0.416 e. The zero-order valence-corrected chi connectivity index (χ0v) is 25.9. The molecule has 2 amide bonds. The highest BCUT2D eigenvalue weighted by Crippen LogP contribution is 2.34. The average molecular weight is 659 g/mol. The maximum absolute atomic E-state index is 14.1. The lowest BCUT2D eigenvalue weighted by Crippen LogP contribution is -2.52. The first kappa shape index (κ1) is 34.2. The third kappa shape index (κ3) is 8.64. The largest absolute Gasteiger partial charge is 0.416 e. The van der Waals surface area contributed by atoms with Gasteiger partial charge in [-0.25, -0.2) is 8.42 Å². The molecule has 1 atom stereocenters. The Hall–Kier alpha value is -3.28. The van der Waals surface area contributed by atoms with Crippen LogP contribution in [0.25, 0.3) is 0 Å². The van der Waals surface area contributed by atoms with Crippen LogP contribution in [0.4, 0.5) is 18.9 Å². The average Bonchev–Trinajstić information content (AvgIpc) is 2.97. The number of rotatable bonds is 13. The van der Waals surface area contributed by atoms with Crippen molar-refractivity contribution < 1.29 is 31.2 Å². The molecule has 0 saturated heterocycles. The van der Waals surface area contributed by atoms with E-state index in [1.54, 1.807) is 31.2 Å². The van der Waals surface area contributed by atoms with E-state index in [9.17, 15) is 31.2 Å². The van der Waals surface area contributed by atoms with Crippen molar-refractivity contribution >= 4 is 50.7 Å². The van der Waals surface area contributed by atoms with Crippen LogP contribution in [0, 0.1) is 0 Å². The van der Waals surface area contributed by atoms with Crippen molar-refractivity contribution in [3.63, 3.8) is 0 Å². The summed E-state index contributed by atoms with van der Waals surface area (Å²) in [5, 5.41) is 3.24. The molecule has 0 aliphatic heterocycles. The Morgan fingerprint density at radius 2 is 1.56 bits per heavy atom. The number of sulfonamides is 1. The van der Waals surface area contributed by atoms with E-state index in [-0.39, 0.29) is 33.6 Å². The number of nitrogens with zero attached hydrogens (tertiary/aromatic N) is 2. The Labute approximate surface area is 259 Å². The first-order valence-electron chi connectivity index (χ1n) is 13.6. The molecule has 1 N–H and O–H groups in total. The monoisotopic (exact) mass is 657 g/mol. The van der Waals surface area contributed by atoms with Gasteiger partial charge in [-0.1, -0.05) is 73.8 Å². The number of carbonyl (C=O) groups is 2. The molecule has 0 aliphatic carbocycles. The predicted molar refractivity (Wildman–Crippen MR) is 161 cm³/mol. The highest BCUT2D eigenvalue weighted by molar-refractivity contribution is 7.92. The molecule has 3 rings (SSSR count). The number of halogens is 5. The minimum Gasteiger partial charge on any atom is -0.354 e. The number of alkyl halides is 3. The van der Waals surface area contributed by atoms with E-state index < -0.39 is 46.2 Å². The van der Waals surface area contributed by atoms with Crippen LogP contribution in [0.2, 0.25) is 10.0 Å². The molecule has 0 heterocycles. The fourth-order valence-electron chi connectivity index (χ4n) is 4.37. The predicted octanol–water partition coefficient (Wildman–Crippen LogP) is 6.93. The second-order valence-corrected chi connectivity index (χ2v) is 12.3. The van der Waals surface area contributed by atoms with E-state index in [4.69, 9.17) is 23.2 Å². The van der Waals surface area contributed by atoms with E-state index in [2.05, 4.69) is 5.32 Å². The number of benzene rings is 3. The van der Waals surface area contributed by atoms with Crippen LogP contribution in [0.3, 0.4) is 0 Å². The molecule has 3 aromatic rings. The quantitative estimate of drug-likeness (QED) is 0.202. The molecule has 0 fully saturated rings. The fraction of sp³-hybridized carbons (Fsp3) is 0.333. The second-order valence-electron chi connectivity index (χ2n) is 9.66. The van der Waals surface area contributed by atoms with Crippen molar-refractivity contribution in [2.45, 2.75) is 56.8 Å². The Morgan fingerprint density at radius 3 is 2.14 bits per heavy atom. The number of carbonyl (C=O) groups excluding carboxylic acids is 2. The highest BCUT2D eigenvalue weighted by Gasteiger charge is 2.36. The molecule has 43 heavy (non-hydrogen) atoms. The molecule has 232 valence electrons. The van der Waals surface area contributed by atoms with Crippen LogP contribution in [0.5, 0.6) is 0 Å². The van der Waals surface area contributed by atoms with Crippen LogP contribution >= 0.6 is 23.2 Å². The summed E-state index contributed by atoms with van der Waals surface area (Å²) in [6.07, 6.45) is -3.09. The van der Waals surface area contributed by atoms with Crippen molar-refractivity contribution in [3.8, 4) is 0 Å². The second kappa shape index (κ2) is 14.9. The van der Waals surface area contributed by atoms with E-state index >= 15 is 0 Å². The minimum absolute atomic E-state index is 0.154. The Balaban J connectivity index is 2.12. The first-order chi connectivity index (χ1) is 20.3. The lowest BCUT2D eigenvalue weighted by atomic mass is 10.1. The summed E-state index contributed by atoms with van der Waals surface area (Å²) >= 11 is 12.8. The molecule has 1 unspecified atom stereocenters. The molecule has 0 aromatic heterocycles. The molecule has 7 nitrogen and oxygen atoms in total. The zero-order chi connectivity index (χ0) is 31.8. The number of hydrogen-bond donors (Lipinski definition) is 1. The lowest BCUT2D eigenvalue weighted by molar-refractivity contribution is -0.140. The van der Waals surface area contributed by atoms with E-state index in [1.807, 2.05) is 6.92 Å². The Morgan fingerprint density at radius 1 is 0.930 bits per heavy atom. The van der Waals surface area contributed by atoms with Crippen LogP contribution in [0.15, 0.2) is 77.7 Å². The van der Waals surface area contributed by atoms with E-state index in [0.717, 1.165) is 23.5 Å². The SMILES string of the molecule is CCCCNC(=O)C(CC)N(Cc1c(Cl)cccc1Cl)C(=O)CN(c1cccc(C(F)(F)F)c1)S(=O)(=O)c1ccccc1.